The van der Waals surface area contributed by atoms with E-state index in [1.54, 1.807) is 12.1 Å². The Morgan fingerprint density at radius 3 is 2.03 bits per heavy atom. The summed E-state index contributed by atoms with van der Waals surface area (Å²) in [6.07, 6.45) is 0. The predicted octanol–water partition coefficient (Wildman–Crippen LogP) is 6.06. The summed E-state index contributed by atoms with van der Waals surface area (Å²) in [6, 6.07) is 9.50. The predicted molar refractivity (Wildman–Crippen MR) is 103 cm³/mol. The van der Waals surface area contributed by atoms with Crippen molar-refractivity contribution in [2.24, 2.45) is 0 Å². The molecule has 0 saturated carbocycles. The van der Waals surface area contributed by atoms with Gasteiger partial charge in [-0.1, -0.05) is 17.2 Å². The van der Waals surface area contributed by atoms with Gasteiger partial charge >= 0.3 is 0 Å². The Balaban J connectivity index is 1.71. The highest BCUT2D eigenvalue weighted by molar-refractivity contribution is 6.05. The molecule has 31 heavy (non-hydrogen) atoms. The number of carbonyl (C=O) groups excluding carboxylic acids is 1. The minimum absolute atomic E-state index is 0.0309. The van der Waals surface area contributed by atoms with E-state index in [4.69, 9.17) is 4.42 Å². The first-order chi connectivity index (χ1) is 14.7. The average Bonchev–Trinajstić information content (AvgIpc) is 3.13. The zero-order valence-corrected chi connectivity index (χ0v) is 16.1. The van der Waals surface area contributed by atoms with Crippen LogP contribution in [0.25, 0.3) is 22.6 Å². The number of oxazole rings is 1. The van der Waals surface area contributed by atoms with E-state index in [9.17, 15) is 26.7 Å². The highest BCUT2D eigenvalue weighted by Gasteiger charge is 2.29. The molecule has 1 heterocycles. The summed E-state index contributed by atoms with van der Waals surface area (Å²) in [5, 5.41) is 2.66. The van der Waals surface area contributed by atoms with E-state index < -0.39 is 46.4 Å². The number of hydrogen-bond acceptors (Lipinski definition) is 3. The third-order valence-electron chi connectivity index (χ3n) is 4.55. The third kappa shape index (κ3) is 3.63. The molecule has 0 fully saturated rings. The Labute approximate surface area is 172 Å². The molecule has 9 heteroatoms. The molecule has 0 spiro atoms. The lowest BCUT2D eigenvalue weighted by Crippen LogP contribution is -2.12. The summed E-state index contributed by atoms with van der Waals surface area (Å²) >= 11 is 0. The minimum atomic E-state index is -2.27. The molecule has 3 aromatic carbocycles. The number of nitrogens with one attached hydrogen (secondary N) is 1. The summed E-state index contributed by atoms with van der Waals surface area (Å²) in [6.45, 7) is 3.71. The zero-order chi connectivity index (χ0) is 22.4. The first-order valence-electron chi connectivity index (χ1n) is 8.97. The number of rotatable bonds is 3. The molecule has 0 bridgehead atoms. The monoisotopic (exact) mass is 432 g/mol. The Bertz CT molecular complexity index is 1310. The molecular weight excluding hydrogens is 419 g/mol. The Morgan fingerprint density at radius 1 is 0.839 bits per heavy atom. The molecule has 158 valence electrons. The summed E-state index contributed by atoms with van der Waals surface area (Å²) in [5.41, 5.74) is 1.36. The van der Waals surface area contributed by atoms with Gasteiger partial charge in [0.2, 0.25) is 11.7 Å². The van der Waals surface area contributed by atoms with Gasteiger partial charge in [-0.2, -0.15) is 0 Å². The number of aryl methyl sites for hydroxylation is 2. The van der Waals surface area contributed by atoms with Gasteiger partial charge in [-0.05, 0) is 44.2 Å². The summed E-state index contributed by atoms with van der Waals surface area (Å²) < 4.78 is 73.5. The van der Waals surface area contributed by atoms with Gasteiger partial charge in [0.25, 0.3) is 5.91 Å². The fourth-order valence-electron chi connectivity index (χ4n) is 3.21. The van der Waals surface area contributed by atoms with Crippen molar-refractivity contribution in [2.75, 3.05) is 5.32 Å². The van der Waals surface area contributed by atoms with Crippen molar-refractivity contribution in [1.29, 1.82) is 0 Å². The van der Waals surface area contributed by atoms with Gasteiger partial charge < -0.3 is 9.73 Å². The molecule has 0 aliphatic carbocycles. The molecule has 0 saturated heterocycles. The number of amides is 1. The molecule has 0 aliphatic rings. The quantitative estimate of drug-likeness (QED) is 0.243. The highest BCUT2D eigenvalue weighted by atomic mass is 19.2. The van der Waals surface area contributed by atoms with E-state index >= 15 is 0 Å². The molecule has 1 amide bonds. The number of benzene rings is 3. The molecule has 0 atom stereocenters. The number of aromatic nitrogens is 1. The van der Waals surface area contributed by atoms with Crippen LogP contribution in [0.15, 0.2) is 40.8 Å². The summed E-state index contributed by atoms with van der Waals surface area (Å²) in [7, 11) is 0. The van der Waals surface area contributed by atoms with Gasteiger partial charge in [-0.3, -0.25) is 4.79 Å². The van der Waals surface area contributed by atoms with Crippen LogP contribution in [0, 0.1) is 42.9 Å². The maximum Gasteiger partial charge on any atom is 0.255 e. The molecule has 0 radical (unpaired) electrons. The molecule has 0 unspecified atom stereocenters. The number of halogens is 5. The van der Waals surface area contributed by atoms with Crippen LogP contribution < -0.4 is 5.32 Å². The molecule has 4 nitrogen and oxygen atoms in total. The van der Waals surface area contributed by atoms with Crippen molar-refractivity contribution < 1.29 is 31.2 Å². The van der Waals surface area contributed by atoms with Crippen LogP contribution in [0.3, 0.4) is 0 Å². The van der Waals surface area contributed by atoms with Gasteiger partial charge in [-0.25, -0.2) is 26.9 Å². The van der Waals surface area contributed by atoms with Crippen molar-refractivity contribution in [3.63, 3.8) is 0 Å². The van der Waals surface area contributed by atoms with E-state index in [0.717, 1.165) is 11.1 Å². The van der Waals surface area contributed by atoms with E-state index in [1.165, 1.54) is 18.2 Å². The lowest BCUT2D eigenvalue weighted by atomic mass is 10.1. The van der Waals surface area contributed by atoms with Gasteiger partial charge in [0.1, 0.15) is 11.1 Å². The van der Waals surface area contributed by atoms with Crippen molar-refractivity contribution in [3.8, 4) is 11.5 Å². The maximum absolute atomic E-state index is 14.0. The van der Waals surface area contributed by atoms with E-state index in [2.05, 4.69) is 10.3 Å². The van der Waals surface area contributed by atoms with Crippen molar-refractivity contribution in [1.82, 2.24) is 4.98 Å². The number of anilines is 1. The maximum atomic E-state index is 14.0. The van der Waals surface area contributed by atoms with Crippen molar-refractivity contribution >= 4 is 22.7 Å². The number of fused-ring (bicyclic) bond motifs is 1. The van der Waals surface area contributed by atoms with Crippen LogP contribution in [-0.4, -0.2) is 10.9 Å². The highest BCUT2D eigenvalue weighted by Crippen LogP contribution is 2.33. The SMILES string of the molecule is Cc1cc(C)cc(C(=O)Nc2ccc3oc(-c4c(F)c(F)c(F)c(F)c4F)nc3c2)c1. The van der Waals surface area contributed by atoms with E-state index in [-0.39, 0.29) is 11.1 Å². The van der Waals surface area contributed by atoms with Crippen LogP contribution in [0.4, 0.5) is 27.6 Å². The number of hydrogen-bond donors (Lipinski definition) is 1. The average molecular weight is 432 g/mol. The molecule has 1 aromatic heterocycles. The summed E-state index contributed by atoms with van der Waals surface area (Å²) in [5.74, 6) is -11.7. The normalized spacial score (nSPS) is 11.2. The van der Waals surface area contributed by atoms with Gasteiger partial charge in [0, 0.05) is 11.3 Å². The molecule has 4 aromatic rings. The second-order valence-corrected chi connectivity index (χ2v) is 6.98. The van der Waals surface area contributed by atoms with E-state index in [0.29, 0.717) is 11.3 Å². The molecular formula is C22H13F5N2O2. The Kier molecular flexibility index (Phi) is 4.96. The zero-order valence-electron chi connectivity index (χ0n) is 16.1. The summed E-state index contributed by atoms with van der Waals surface area (Å²) in [4.78, 5) is 16.3. The van der Waals surface area contributed by atoms with Crippen molar-refractivity contribution in [2.45, 2.75) is 13.8 Å². The number of nitrogens with zero attached hydrogens (tertiary/aromatic N) is 1. The first-order valence-corrected chi connectivity index (χ1v) is 8.97. The fourth-order valence-corrected chi connectivity index (χ4v) is 3.21. The van der Waals surface area contributed by atoms with Gasteiger partial charge in [0.05, 0.1) is 0 Å². The minimum Gasteiger partial charge on any atom is -0.436 e. The van der Waals surface area contributed by atoms with Crippen LogP contribution in [0.2, 0.25) is 0 Å². The van der Waals surface area contributed by atoms with Crippen LogP contribution in [-0.2, 0) is 0 Å². The smallest absolute Gasteiger partial charge is 0.255 e. The Hall–Kier alpha value is -3.75. The lowest BCUT2D eigenvalue weighted by Gasteiger charge is -2.07. The topological polar surface area (TPSA) is 55.1 Å². The second kappa shape index (κ2) is 7.50. The Morgan fingerprint density at radius 2 is 1.42 bits per heavy atom. The largest absolute Gasteiger partial charge is 0.436 e. The van der Waals surface area contributed by atoms with E-state index in [1.807, 2.05) is 19.9 Å². The third-order valence-corrected chi connectivity index (χ3v) is 4.55. The molecule has 0 aliphatic heterocycles. The lowest BCUT2D eigenvalue weighted by molar-refractivity contribution is 0.102. The van der Waals surface area contributed by atoms with Gasteiger partial charge in [0.15, 0.2) is 28.9 Å². The van der Waals surface area contributed by atoms with Crippen LogP contribution in [0.5, 0.6) is 0 Å². The van der Waals surface area contributed by atoms with Crippen molar-refractivity contribution in [3.05, 3.63) is 82.2 Å². The standard InChI is InChI=1S/C22H13F5N2O2/c1-9-5-10(2)7-11(6-9)21(30)28-12-3-4-14-13(8-12)29-22(31-14)15-16(23)18(25)20(27)19(26)17(15)24/h3-8H,1-2H3,(H,28,30). The first kappa shape index (κ1) is 20.5. The van der Waals surface area contributed by atoms with Crippen LogP contribution in [0.1, 0.15) is 21.5 Å². The van der Waals surface area contributed by atoms with Crippen LogP contribution >= 0.6 is 0 Å². The fraction of sp³-hybridized carbons (Fsp3) is 0.0909. The van der Waals surface area contributed by atoms with Gasteiger partial charge in [-0.15, -0.1) is 0 Å². The number of carbonyl (C=O) groups is 1. The second-order valence-electron chi connectivity index (χ2n) is 6.98. The molecule has 4 rings (SSSR count). The molecule has 1 N–H and O–H groups in total.